The van der Waals surface area contributed by atoms with Gasteiger partial charge < -0.3 is 4.90 Å². The topological polar surface area (TPSA) is 3.24 Å². The molecule has 0 unspecified atom stereocenters. The molecule has 1 aromatic heterocycles. The van der Waals surface area contributed by atoms with Crippen molar-refractivity contribution in [1.29, 1.82) is 0 Å². The van der Waals surface area contributed by atoms with Crippen LogP contribution in [0.15, 0.2) is 164 Å². The van der Waals surface area contributed by atoms with Crippen LogP contribution in [-0.4, -0.2) is 0 Å². The van der Waals surface area contributed by atoms with Crippen molar-refractivity contribution in [2.45, 2.75) is 0 Å². The molecule has 0 aliphatic rings. The predicted molar refractivity (Wildman–Crippen MR) is 192 cm³/mol. The number of rotatable bonds is 4. The molecular formula is C42H27NS. The third kappa shape index (κ3) is 4.07. The van der Waals surface area contributed by atoms with E-state index in [1.54, 1.807) is 0 Å². The lowest BCUT2D eigenvalue weighted by molar-refractivity contribution is 1.30. The van der Waals surface area contributed by atoms with Gasteiger partial charge in [0.1, 0.15) is 0 Å². The summed E-state index contributed by atoms with van der Waals surface area (Å²) in [4.78, 5) is 2.39. The number of nitrogens with zero attached hydrogens (tertiary/aromatic N) is 1. The first-order valence-corrected chi connectivity index (χ1v) is 15.8. The Morgan fingerprint density at radius 3 is 1.73 bits per heavy atom. The highest BCUT2D eigenvalue weighted by molar-refractivity contribution is 7.26. The van der Waals surface area contributed by atoms with Crippen molar-refractivity contribution in [2.24, 2.45) is 0 Å². The number of fused-ring (bicyclic) bond motifs is 8. The standard InChI is InChI=1S/C42H27NS/c1-2-8-28(9-3-1)29-16-19-33(20-17-29)43(34-21-23-37-32(26-34)15-14-30-10-4-6-12-36(30)37)35-22-24-39-41(27-35)44-40-25-18-31-11-5-7-13-38(31)42(39)40/h1-27H. The van der Waals surface area contributed by atoms with Crippen molar-refractivity contribution in [3.05, 3.63) is 164 Å². The van der Waals surface area contributed by atoms with E-state index < -0.39 is 0 Å². The first kappa shape index (κ1) is 25.1. The van der Waals surface area contributed by atoms with Crippen LogP contribution in [0.4, 0.5) is 17.1 Å². The van der Waals surface area contributed by atoms with Crippen LogP contribution in [0, 0.1) is 0 Å². The van der Waals surface area contributed by atoms with Crippen molar-refractivity contribution >= 4 is 80.9 Å². The molecule has 0 bridgehead atoms. The van der Waals surface area contributed by atoms with Gasteiger partial charge in [-0.3, -0.25) is 0 Å². The van der Waals surface area contributed by atoms with E-state index in [1.807, 2.05) is 11.3 Å². The Kier molecular flexibility index (Phi) is 5.75. The van der Waals surface area contributed by atoms with E-state index in [0.29, 0.717) is 0 Å². The lowest BCUT2D eigenvalue weighted by Gasteiger charge is -2.26. The van der Waals surface area contributed by atoms with Gasteiger partial charge in [-0.25, -0.2) is 0 Å². The fraction of sp³-hybridized carbons (Fsp3) is 0. The minimum absolute atomic E-state index is 1.13. The highest BCUT2D eigenvalue weighted by Crippen LogP contribution is 2.43. The Hall–Kier alpha value is -5.44. The molecule has 0 atom stereocenters. The Morgan fingerprint density at radius 2 is 0.909 bits per heavy atom. The summed E-state index contributed by atoms with van der Waals surface area (Å²) in [5.41, 5.74) is 5.87. The molecule has 44 heavy (non-hydrogen) atoms. The van der Waals surface area contributed by atoms with Crippen LogP contribution in [0.1, 0.15) is 0 Å². The minimum atomic E-state index is 1.13. The predicted octanol–water partition coefficient (Wildman–Crippen LogP) is 12.7. The molecule has 9 rings (SSSR count). The molecule has 0 N–H and O–H groups in total. The van der Waals surface area contributed by atoms with Gasteiger partial charge in [-0.05, 0) is 85.9 Å². The Balaban J connectivity index is 1.23. The first-order chi connectivity index (χ1) is 21.8. The largest absolute Gasteiger partial charge is 0.310 e. The van der Waals surface area contributed by atoms with Crippen LogP contribution in [0.5, 0.6) is 0 Å². The molecular weight excluding hydrogens is 551 g/mol. The number of benzene rings is 8. The first-order valence-electron chi connectivity index (χ1n) is 15.0. The summed E-state index contributed by atoms with van der Waals surface area (Å²) in [5.74, 6) is 0. The summed E-state index contributed by atoms with van der Waals surface area (Å²) >= 11 is 1.88. The van der Waals surface area contributed by atoms with Crippen LogP contribution in [0.25, 0.3) is 63.6 Å². The van der Waals surface area contributed by atoms with Gasteiger partial charge in [0.25, 0.3) is 0 Å². The molecule has 0 radical (unpaired) electrons. The summed E-state index contributed by atoms with van der Waals surface area (Å²) in [6.45, 7) is 0. The van der Waals surface area contributed by atoms with Crippen LogP contribution in [-0.2, 0) is 0 Å². The molecule has 206 valence electrons. The number of thiophene rings is 1. The molecule has 2 heteroatoms. The highest BCUT2D eigenvalue weighted by Gasteiger charge is 2.17. The van der Waals surface area contributed by atoms with E-state index >= 15 is 0 Å². The number of hydrogen-bond donors (Lipinski definition) is 0. The van der Waals surface area contributed by atoms with Crippen LogP contribution < -0.4 is 4.90 Å². The maximum Gasteiger partial charge on any atom is 0.0476 e. The quantitative estimate of drug-likeness (QED) is 0.188. The van der Waals surface area contributed by atoms with Gasteiger partial charge in [-0.15, -0.1) is 11.3 Å². The summed E-state index contributed by atoms with van der Waals surface area (Å²) in [6.07, 6.45) is 0. The second-order valence-electron chi connectivity index (χ2n) is 11.4. The van der Waals surface area contributed by atoms with E-state index in [2.05, 4.69) is 169 Å². The molecule has 0 saturated heterocycles. The summed E-state index contributed by atoms with van der Waals surface area (Å²) in [7, 11) is 0. The normalized spacial score (nSPS) is 11.6. The molecule has 0 saturated carbocycles. The van der Waals surface area contributed by atoms with E-state index in [-0.39, 0.29) is 0 Å². The maximum absolute atomic E-state index is 2.39. The third-order valence-corrected chi connectivity index (χ3v) is 9.94. The average Bonchev–Trinajstić information content (AvgIpc) is 3.47. The zero-order chi connectivity index (χ0) is 29.0. The van der Waals surface area contributed by atoms with Crippen molar-refractivity contribution in [2.75, 3.05) is 4.90 Å². The van der Waals surface area contributed by atoms with Crippen molar-refractivity contribution in [1.82, 2.24) is 0 Å². The second kappa shape index (κ2) is 10.1. The van der Waals surface area contributed by atoms with Crippen molar-refractivity contribution in [3.8, 4) is 11.1 Å². The number of anilines is 3. The molecule has 0 amide bonds. The molecule has 0 spiro atoms. The van der Waals surface area contributed by atoms with Gasteiger partial charge in [-0.2, -0.15) is 0 Å². The maximum atomic E-state index is 2.39. The van der Waals surface area contributed by atoms with Crippen molar-refractivity contribution < 1.29 is 0 Å². The smallest absolute Gasteiger partial charge is 0.0476 e. The lowest BCUT2D eigenvalue weighted by Crippen LogP contribution is -2.09. The molecule has 1 heterocycles. The second-order valence-corrected chi connectivity index (χ2v) is 12.5. The molecule has 0 fully saturated rings. The minimum Gasteiger partial charge on any atom is -0.310 e. The number of hydrogen-bond acceptors (Lipinski definition) is 2. The lowest BCUT2D eigenvalue weighted by atomic mass is 10.0. The molecule has 0 aliphatic heterocycles. The van der Waals surface area contributed by atoms with Gasteiger partial charge in [0.15, 0.2) is 0 Å². The fourth-order valence-corrected chi connectivity index (χ4v) is 7.85. The fourth-order valence-electron chi connectivity index (χ4n) is 6.69. The SMILES string of the molecule is c1ccc(-c2ccc(N(c3ccc4c(ccc5ccccc54)c3)c3ccc4c(c3)sc3ccc5ccccc5c34)cc2)cc1. The Labute approximate surface area is 259 Å². The van der Waals surface area contributed by atoms with Crippen LogP contribution >= 0.6 is 11.3 Å². The Bertz CT molecular complexity index is 2490. The van der Waals surface area contributed by atoms with Crippen LogP contribution in [0.3, 0.4) is 0 Å². The van der Waals surface area contributed by atoms with Gasteiger partial charge >= 0.3 is 0 Å². The van der Waals surface area contributed by atoms with Gasteiger partial charge in [-0.1, -0.05) is 121 Å². The monoisotopic (exact) mass is 577 g/mol. The highest BCUT2D eigenvalue weighted by atomic mass is 32.1. The summed E-state index contributed by atoms with van der Waals surface area (Å²) in [5, 5.41) is 10.3. The van der Waals surface area contributed by atoms with Gasteiger partial charge in [0.05, 0.1) is 0 Å². The summed E-state index contributed by atoms with van der Waals surface area (Å²) in [6, 6.07) is 59.7. The van der Waals surface area contributed by atoms with E-state index in [1.165, 1.54) is 63.6 Å². The summed E-state index contributed by atoms with van der Waals surface area (Å²) < 4.78 is 2.62. The van der Waals surface area contributed by atoms with Gasteiger partial charge in [0, 0.05) is 37.2 Å². The zero-order valence-electron chi connectivity index (χ0n) is 23.9. The zero-order valence-corrected chi connectivity index (χ0v) is 24.8. The average molecular weight is 578 g/mol. The van der Waals surface area contributed by atoms with E-state index in [9.17, 15) is 0 Å². The molecule has 9 aromatic rings. The van der Waals surface area contributed by atoms with Gasteiger partial charge in [0.2, 0.25) is 0 Å². The van der Waals surface area contributed by atoms with E-state index in [4.69, 9.17) is 0 Å². The van der Waals surface area contributed by atoms with E-state index in [0.717, 1.165) is 17.1 Å². The molecule has 0 aliphatic carbocycles. The van der Waals surface area contributed by atoms with Crippen LogP contribution in [0.2, 0.25) is 0 Å². The molecule has 8 aromatic carbocycles. The Morgan fingerprint density at radius 1 is 0.341 bits per heavy atom. The third-order valence-electron chi connectivity index (χ3n) is 8.82. The van der Waals surface area contributed by atoms with Crippen molar-refractivity contribution in [3.63, 3.8) is 0 Å². The molecule has 1 nitrogen and oxygen atoms in total.